The van der Waals surface area contributed by atoms with Crippen LogP contribution in [0.4, 0.5) is 17.1 Å². The van der Waals surface area contributed by atoms with Crippen molar-refractivity contribution in [3.63, 3.8) is 0 Å². The highest BCUT2D eigenvalue weighted by atomic mass is 16.2. The second-order valence-electron chi connectivity index (χ2n) is 7.68. The quantitative estimate of drug-likeness (QED) is 0.456. The van der Waals surface area contributed by atoms with E-state index in [9.17, 15) is 14.4 Å². The van der Waals surface area contributed by atoms with Gasteiger partial charge in [-0.05, 0) is 24.6 Å². The maximum atomic E-state index is 12.4. The lowest BCUT2D eigenvalue weighted by Gasteiger charge is -2.16. The molecular formula is C21H34N4O3. The van der Waals surface area contributed by atoms with Crippen LogP contribution in [0.25, 0.3) is 0 Å². The van der Waals surface area contributed by atoms with Gasteiger partial charge in [-0.3, -0.25) is 14.4 Å². The monoisotopic (exact) mass is 390 g/mol. The van der Waals surface area contributed by atoms with Crippen LogP contribution in [0.3, 0.4) is 0 Å². The minimum atomic E-state index is -0.603. The van der Waals surface area contributed by atoms with Crippen molar-refractivity contribution in [1.82, 2.24) is 0 Å². The molecule has 28 heavy (non-hydrogen) atoms. The Morgan fingerprint density at radius 1 is 0.786 bits per heavy atom. The second kappa shape index (κ2) is 11.4. The molecule has 7 nitrogen and oxygen atoms in total. The molecule has 1 aromatic rings. The number of hydrogen-bond donors (Lipinski definition) is 4. The summed E-state index contributed by atoms with van der Waals surface area (Å²) in [7, 11) is 0. The largest absolute Gasteiger partial charge is 0.326 e. The molecule has 1 aromatic carbocycles. The van der Waals surface area contributed by atoms with E-state index in [4.69, 9.17) is 5.73 Å². The minimum absolute atomic E-state index is 0.152. The van der Waals surface area contributed by atoms with E-state index in [0.29, 0.717) is 23.5 Å². The number of nitrogens with one attached hydrogen (secondary N) is 3. The first-order valence-corrected chi connectivity index (χ1v) is 9.97. The number of carbonyl (C=O) groups is 3. The lowest BCUT2D eigenvalue weighted by molar-refractivity contribution is -0.119. The van der Waals surface area contributed by atoms with Crippen LogP contribution in [0.1, 0.15) is 60.3 Å². The first kappa shape index (κ1) is 23.6. The third kappa shape index (κ3) is 8.08. The van der Waals surface area contributed by atoms with Gasteiger partial charge in [0.25, 0.3) is 0 Å². The van der Waals surface area contributed by atoms with Gasteiger partial charge in [0, 0.05) is 28.9 Å². The highest BCUT2D eigenvalue weighted by molar-refractivity contribution is 5.99. The SMILES string of the molecule is CCCCC[C@H](N)C(=O)Nc1cc(NC(=O)C(C)C)cc(NC(=O)C(C)C)c1. The molecule has 0 fully saturated rings. The summed E-state index contributed by atoms with van der Waals surface area (Å²) in [5.74, 6) is -0.982. The molecule has 3 amide bonds. The van der Waals surface area contributed by atoms with E-state index >= 15 is 0 Å². The average Bonchev–Trinajstić information content (AvgIpc) is 2.61. The molecule has 0 aliphatic carbocycles. The molecule has 5 N–H and O–H groups in total. The van der Waals surface area contributed by atoms with Gasteiger partial charge in [0.2, 0.25) is 17.7 Å². The Balaban J connectivity index is 2.99. The molecule has 0 unspecified atom stereocenters. The summed E-state index contributed by atoms with van der Waals surface area (Å²) in [6.45, 7) is 9.25. The van der Waals surface area contributed by atoms with Gasteiger partial charge in [-0.25, -0.2) is 0 Å². The van der Waals surface area contributed by atoms with E-state index in [2.05, 4.69) is 22.9 Å². The maximum absolute atomic E-state index is 12.4. The van der Waals surface area contributed by atoms with Crippen molar-refractivity contribution in [2.24, 2.45) is 17.6 Å². The summed E-state index contributed by atoms with van der Waals surface area (Å²) in [6.07, 6.45) is 3.60. The molecule has 0 bridgehead atoms. The molecule has 1 atom stereocenters. The van der Waals surface area contributed by atoms with Crippen LogP contribution < -0.4 is 21.7 Å². The Kier molecular flexibility index (Phi) is 9.65. The Bertz CT molecular complexity index is 646. The summed E-state index contributed by atoms with van der Waals surface area (Å²) < 4.78 is 0. The van der Waals surface area contributed by atoms with E-state index in [1.54, 1.807) is 45.9 Å². The van der Waals surface area contributed by atoms with Crippen LogP contribution in [0, 0.1) is 11.8 Å². The van der Waals surface area contributed by atoms with E-state index < -0.39 is 6.04 Å². The van der Waals surface area contributed by atoms with Gasteiger partial charge in [0.1, 0.15) is 0 Å². The Morgan fingerprint density at radius 3 is 1.54 bits per heavy atom. The van der Waals surface area contributed by atoms with Crippen LogP contribution in [0.15, 0.2) is 18.2 Å². The summed E-state index contributed by atoms with van der Waals surface area (Å²) in [4.78, 5) is 36.5. The number of nitrogens with two attached hydrogens (primary N) is 1. The highest BCUT2D eigenvalue weighted by Crippen LogP contribution is 2.24. The zero-order chi connectivity index (χ0) is 21.3. The van der Waals surface area contributed by atoms with Crippen molar-refractivity contribution in [3.8, 4) is 0 Å². The normalized spacial score (nSPS) is 12.0. The van der Waals surface area contributed by atoms with Gasteiger partial charge < -0.3 is 21.7 Å². The number of benzene rings is 1. The van der Waals surface area contributed by atoms with E-state index in [1.165, 1.54) is 0 Å². The number of anilines is 3. The summed E-state index contributed by atoms with van der Waals surface area (Å²) in [6, 6.07) is 4.37. The first-order chi connectivity index (χ1) is 13.1. The lowest BCUT2D eigenvalue weighted by Crippen LogP contribution is -2.35. The van der Waals surface area contributed by atoms with E-state index in [0.717, 1.165) is 19.3 Å². The van der Waals surface area contributed by atoms with Crippen LogP contribution >= 0.6 is 0 Å². The molecule has 156 valence electrons. The lowest BCUT2D eigenvalue weighted by atomic mass is 10.1. The van der Waals surface area contributed by atoms with Crippen LogP contribution in [-0.4, -0.2) is 23.8 Å². The van der Waals surface area contributed by atoms with Gasteiger partial charge >= 0.3 is 0 Å². The van der Waals surface area contributed by atoms with Crippen LogP contribution in [0.5, 0.6) is 0 Å². The average molecular weight is 391 g/mol. The molecule has 0 aliphatic heterocycles. The van der Waals surface area contributed by atoms with Crippen molar-refractivity contribution in [2.75, 3.05) is 16.0 Å². The van der Waals surface area contributed by atoms with Crippen molar-refractivity contribution in [1.29, 1.82) is 0 Å². The third-order valence-electron chi connectivity index (χ3n) is 4.24. The van der Waals surface area contributed by atoms with Gasteiger partial charge in [-0.1, -0.05) is 53.9 Å². The molecule has 1 rings (SSSR count). The van der Waals surface area contributed by atoms with E-state index in [-0.39, 0.29) is 29.6 Å². The van der Waals surface area contributed by atoms with Crippen molar-refractivity contribution < 1.29 is 14.4 Å². The summed E-state index contributed by atoms with van der Waals surface area (Å²) in [5.41, 5.74) is 7.43. The number of hydrogen-bond acceptors (Lipinski definition) is 4. The van der Waals surface area contributed by atoms with Crippen LogP contribution in [-0.2, 0) is 14.4 Å². The van der Waals surface area contributed by atoms with Gasteiger partial charge in [-0.2, -0.15) is 0 Å². The van der Waals surface area contributed by atoms with Crippen molar-refractivity contribution in [2.45, 2.75) is 66.3 Å². The Morgan fingerprint density at radius 2 is 1.18 bits per heavy atom. The summed E-state index contributed by atoms with van der Waals surface area (Å²) >= 11 is 0. The zero-order valence-corrected chi connectivity index (χ0v) is 17.6. The number of amides is 3. The van der Waals surface area contributed by atoms with E-state index in [1.807, 2.05) is 0 Å². The Hall–Kier alpha value is -2.41. The fourth-order valence-corrected chi connectivity index (χ4v) is 2.40. The molecule has 7 heteroatoms. The molecule has 0 heterocycles. The molecule has 0 radical (unpaired) electrons. The Labute approximate surface area is 167 Å². The minimum Gasteiger partial charge on any atom is -0.326 e. The molecule has 0 saturated heterocycles. The summed E-state index contributed by atoms with van der Waals surface area (Å²) in [5, 5.41) is 8.38. The fourth-order valence-electron chi connectivity index (χ4n) is 2.40. The topological polar surface area (TPSA) is 113 Å². The number of unbranched alkanes of at least 4 members (excludes halogenated alkanes) is 2. The third-order valence-corrected chi connectivity index (χ3v) is 4.24. The highest BCUT2D eigenvalue weighted by Gasteiger charge is 2.16. The fraction of sp³-hybridized carbons (Fsp3) is 0.571. The van der Waals surface area contributed by atoms with Crippen LogP contribution in [0.2, 0.25) is 0 Å². The predicted octanol–water partition coefficient (Wildman–Crippen LogP) is 3.72. The van der Waals surface area contributed by atoms with Gasteiger partial charge in [0.15, 0.2) is 0 Å². The number of rotatable bonds is 10. The molecule has 0 aromatic heterocycles. The van der Waals surface area contributed by atoms with Crippen molar-refractivity contribution in [3.05, 3.63) is 18.2 Å². The van der Waals surface area contributed by atoms with Crippen molar-refractivity contribution >= 4 is 34.8 Å². The van der Waals surface area contributed by atoms with Gasteiger partial charge in [-0.15, -0.1) is 0 Å². The molecule has 0 saturated carbocycles. The molecule has 0 spiro atoms. The zero-order valence-electron chi connectivity index (χ0n) is 17.6. The number of carbonyl (C=O) groups excluding carboxylic acids is 3. The maximum Gasteiger partial charge on any atom is 0.241 e. The molecule has 0 aliphatic rings. The smallest absolute Gasteiger partial charge is 0.241 e. The second-order valence-corrected chi connectivity index (χ2v) is 7.68. The molecular weight excluding hydrogens is 356 g/mol. The predicted molar refractivity (Wildman–Crippen MR) is 114 cm³/mol. The standard InChI is InChI=1S/C21H34N4O3/c1-6-7-8-9-18(22)21(28)25-17-11-15(23-19(26)13(2)3)10-16(12-17)24-20(27)14(4)5/h10-14,18H,6-9,22H2,1-5H3,(H,23,26)(H,24,27)(H,25,28)/t18-/m0/s1. The first-order valence-electron chi connectivity index (χ1n) is 9.97. The van der Waals surface area contributed by atoms with Gasteiger partial charge in [0.05, 0.1) is 6.04 Å².